The molecule has 0 unspecified atom stereocenters. The quantitative estimate of drug-likeness (QED) is 0.482. The fourth-order valence-corrected chi connectivity index (χ4v) is 5.28. The number of amides is 1. The van der Waals surface area contributed by atoms with Crippen LogP contribution in [0.5, 0.6) is 0 Å². The van der Waals surface area contributed by atoms with Crippen LogP contribution in [0.4, 0.5) is 0 Å². The molecule has 2 heterocycles. The molecule has 2 aromatic heterocycles. The van der Waals surface area contributed by atoms with Crippen LogP contribution < -0.4 is 10.0 Å². The Morgan fingerprint density at radius 3 is 2.67 bits per heavy atom. The number of hydrogen-bond donors (Lipinski definition) is 2. The standard InChI is InChI=1S/C19H26N6O3S2/c1-12(2)17(19(26)20-9-6-10-25-14(4)11-13(3)21-25)24-30(27,28)16-8-5-7-15-18(16)23-29-22-15/h5,7-8,11-12,17,24H,6,9-10H2,1-4H3,(H,20,26)/t17-/m0/s1. The number of benzene rings is 1. The first-order valence-electron chi connectivity index (χ1n) is 9.71. The van der Waals surface area contributed by atoms with E-state index >= 15 is 0 Å². The lowest BCUT2D eigenvalue weighted by Gasteiger charge is -2.21. The van der Waals surface area contributed by atoms with Crippen LogP contribution in [0.1, 0.15) is 31.7 Å². The molecular weight excluding hydrogens is 424 g/mol. The minimum atomic E-state index is -3.94. The molecule has 0 aliphatic carbocycles. The van der Waals surface area contributed by atoms with E-state index in [0.717, 1.165) is 23.1 Å². The molecule has 1 atom stereocenters. The Hall–Kier alpha value is -2.37. The maximum Gasteiger partial charge on any atom is 0.243 e. The van der Waals surface area contributed by atoms with Crippen LogP contribution in [-0.2, 0) is 21.4 Å². The molecule has 1 amide bonds. The molecule has 2 N–H and O–H groups in total. The number of carbonyl (C=O) groups excluding carboxylic acids is 1. The lowest BCUT2D eigenvalue weighted by atomic mass is 10.1. The van der Waals surface area contributed by atoms with Crippen molar-refractivity contribution in [1.29, 1.82) is 0 Å². The Kier molecular flexibility index (Phi) is 6.84. The van der Waals surface area contributed by atoms with Gasteiger partial charge < -0.3 is 5.32 Å². The number of hydrogen-bond acceptors (Lipinski definition) is 7. The van der Waals surface area contributed by atoms with Gasteiger partial charge in [0.25, 0.3) is 0 Å². The molecule has 0 bridgehead atoms. The van der Waals surface area contributed by atoms with E-state index in [1.807, 2.05) is 24.6 Å². The van der Waals surface area contributed by atoms with E-state index in [4.69, 9.17) is 0 Å². The van der Waals surface area contributed by atoms with Crippen molar-refractivity contribution in [3.63, 3.8) is 0 Å². The van der Waals surface area contributed by atoms with E-state index in [1.165, 1.54) is 6.07 Å². The maximum absolute atomic E-state index is 13.0. The van der Waals surface area contributed by atoms with E-state index < -0.39 is 16.1 Å². The first-order chi connectivity index (χ1) is 14.2. The molecule has 0 aliphatic rings. The maximum atomic E-state index is 13.0. The van der Waals surface area contributed by atoms with Gasteiger partial charge in [-0.15, -0.1) is 0 Å². The van der Waals surface area contributed by atoms with Crippen LogP contribution in [0.15, 0.2) is 29.2 Å². The summed E-state index contributed by atoms with van der Waals surface area (Å²) in [6.45, 7) is 8.62. The van der Waals surface area contributed by atoms with Crippen LogP contribution in [-0.4, -0.2) is 45.4 Å². The van der Waals surface area contributed by atoms with Crippen molar-refractivity contribution in [2.24, 2.45) is 5.92 Å². The lowest BCUT2D eigenvalue weighted by molar-refractivity contribution is -0.123. The Labute approximate surface area is 180 Å². The normalized spacial score (nSPS) is 13.1. The van der Waals surface area contributed by atoms with Gasteiger partial charge in [-0.3, -0.25) is 9.48 Å². The number of nitrogens with zero attached hydrogens (tertiary/aromatic N) is 4. The van der Waals surface area contributed by atoms with E-state index in [2.05, 4.69) is 23.9 Å². The van der Waals surface area contributed by atoms with Crippen LogP contribution in [0, 0.1) is 19.8 Å². The highest BCUT2D eigenvalue weighted by Crippen LogP contribution is 2.21. The Morgan fingerprint density at radius 2 is 2.00 bits per heavy atom. The summed E-state index contributed by atoms with van der Waals surface area (Å²) in [5.41, 5.74) is 2.84. The monoisotopic (exact) mass is 450 g/mol. The highest BCUT2D eigenvalue weighted by Gasteiger charge is 2.29. The molecule has 162 valence electrons. The molecular formula is C19H26N6O3S2. The fourth-order valence-electron chi connectivity index (χ4n) is 3.17. The Balaban J connectivity index is 1.64. The van der Waals surface area contributed by atoms with Gasteiger partial charge in [-0.05, 0) is 44.4 Å². The molecule has 0 saturated carbocycles. The van der Waals surface area contributed by atoms with Gasteiger partial charge in [0, 0.05) is 18.8 Å². The zero-order chi connectivity index (χ0) is 21.9. The van der Waals surface area contributed by atoms with Crippen LogP contribution in [0.2, 0.25) is 0 Å². The molecule has 0 radical (unpaired) electrons. The second-order valence-electron chi connectivity index (χ2n) is 7.53. The average molecular weight is 451 g/mol. The highest BCUT2D eigenvalue weighted by atomic mass is 32.2. The second-order valence-corrected chi connectivity index (χ2v) is 9.74. The van der Waals surface area contributed by atoms with Gasteiger partial charge in [0.15, 0.2) is 0 Å². The van der Waals surface area contributed by atoms with Crippen molar-refractivity contribution in [2.75, 3.05) is 6.54 Å². The van der Waals surface area contributed by atoms with Crippen molar-refractivity contribution >= 4 is 38.7 Å². The summed E-state index contributed by atoms with van der Waals surface area (Å²) < 4.78 is 38.5. The van der Waals surface area contributed by atoms with Crippen molar-refractivity contribution in [2.45, 2.75) is 51.6 Å². The molecule has 3 rings (SSSR count). The number of fused-ring (bicyclic) bond motifs is 1. The number of rotatable bonds is 9. The smallest absolute Gasteiger partial charge is 0.243 e. The second kappa shape index (κ2) is 9.19. The van der Waals surface area contributed by atoms with Gasteiger partial charge in [0.1, 0.15) is 22.0 Å². The van der Waals surface area contributed by atoms with E-state index in [1.54, 1.807) is 26.0 Å². The molecule has 0 saturated heterocycles. The topological polar surface area (TPSA) is 119 Å². The van der Waals surface area contributed by atoms with Gasteiger partial charge >= 0.3 is 0 Å². The molecule has 1 aromatic carbocycles. The van der Waals surface area contributed by atoms with Crippen molar-refractivity contribution < 1.29 is 13.2 Å². The largest absolute Gasteiger partial charge is 0.355 e. The van der Waals surface area contributed by atoms with E-state index in [-0.39, 0.29) is 16.7 Å². The Bertz CT molecular complexity index is 1140. The first kappa shape index (κ1) is 22.3. The number of nitrogens with one attached hydrogen (secondary N) is 2. The first-order valence-corrected chi connectivity index (χ1v) is 11.9. The molecule has 0 aliphatic heterocycles. The van der Waals surface area contributed by atoms with E-state index in [0.29, 0.717) is 30.5 Å². The summed E-state index contributed by atoms with van der Waals surface area (Å²) in [7, 11) is -3.94. The average Bonchev–Trinajstić information content (AvgIpc) is 3.28. The van der Waals surface area contributed by atoms with Crippen LogP contribution in [0.3, 0.4) is 0 Å². The van der Waals surface area contributed by atoms with E-state index in [9.17, 15) is 13.2 Å². The van der Waals surface area contributed by atoms with Crippen molar-refractivity contribution in [3.8, 4) is 0 Å². The molecule has 30 heavy (non-hydrogen) atoms. The summed E-state index contributed by atoms with van der Waals surface area (Å²) in [6.07, 6.45) is 0.690. The van der Waals surface area contributed by atoms with Gasteiger partial charge in [-0.2, -0.15) is 18.6 Å². The molecule has 3 aromatic rings. The van der Waals surface area contributed by atoms with Crippen molar-refractivity contribution in [1.82, 2.24) is 28.6 Å². The number of sulfonamides is 1. The third-order valence-electron chi connectivity index (χ3n) is 4.72. The fraction of sp³-hybridized carbons (Fsp3) is 0.474. The summed E-state index contributed by atoms with van der Waals surface area (Å²) in [6, 6.07) is 5.89. The predicted octanol–water partition coefficient (Wildman–Crippen LogP) is 2.01. The number of carbonyl (C=O) groups is 1. The highest BCUT2D eigenvalue weighted by molar-refractivity contribution is 7.89. The van der Waals surface area contributed by atoms with Crippen molar-refractivity contribution in [3.05, 3.63) is 35.7 Å². The molecule has 11 heteroatoms. The number of aromatic nitrogens is 4. The van der Waals surface area contributed by atoms with Crippen LogP contribution in [0.25, 0.3) is 11.0 Å². The SMILES string of the molecule is Cc1cc(C)n(CCCNC(=O)[C@@H](NS(=O)(=O)c2cccc3nsnc23)C(C)C)n1. The minimum Gasteiger partial charge on any atom is -0.355 e. The third kappa shape index (κ3) is 5.02. The lowest BCUT2D eigenvalue weighted by Crippen LogP contribution is -2.49. The van der Waals surface area contributed by atoms with Gasteiger partial charge in [-0.25, -0.2) is 8.42 Å². The summed E-state index contributed by atoms with van der Waals surface area (Å²) in [5, 5.41) is 7.23. The molecule has 9 nitrogen and oxygen atoms in total. The third-order valence-corrected chi connectivity index (χ3v) is 6.73. The summed E-state index contributed by atoms with van der Waals surface area (Å²) in [5.74, 6) is -0.589. The molecule has 0 fully saturated rings. The van der Waals surface area contributed by atoms with Gasteiger partial charge in [0.2, 0.25) is 15.9 Å². The zero-order valence-electron chi connectivity index (χ0n) is 17.4. The molecule has 0 spiro atoms. The minimum absolute atomic E-state index is 0.0247. The number of aryl methyl sites for hydroxylation is 3. The zero-order valence-corrected chi connectivity index (χ0v) is 19.0. The summed E-state index contributed by atoms with van der Waals surface area (Å²) in [4.78, 5) is 12.7. The Morgan fingerprint density at radius 1 is 1.23 bits per heavy atom. The van der Waals surface area contributed by atoms with Gasteiger partial charge in [0.05, 0.1) is 17.4 Å². The summed E-state index contributed by atoms with van der Waals surface area (Å²) >= 11 is 0.950. The predicted molar refractivity (Wildman–Crippen MR) is 116 cm³/mol. The van der Waals surface area contributed by atoms with Crippen LogP contribution >= 0.6 is 11.7 Å². The van der Waals surface area contributed by atoms with Gasteiger partial charge in [-0.1, -0.05) is 19.9 Å².